The third-order valence-electron chi connectivity index (χ3n) is 4.61. The standard InChI is InChI=1S/C14H24N4O/c1-10-4-3-7-18(12(10)8-19)14-11-5-6-15-13(11)17(2)9-16-14/h10,12,15,19H,3-9H2,1-2H3/t10-,12-/m1/s1. The minimum absolute atomic E-state index is 0.227. The number of aliphatic imine (C=N–C) groups is 1. The van der Waals surface area contributed by atoms with Crippen LogP contribution in [0.5, 0.6) is 0 Å². The normalized spacial score (nSPS) is 31.2. The summed E-state index contributed by atoms with van der Waals surface area (Å²) in [4.78, 5) is 9.29. The van der Waals surface area contributed by atoms with Crippen LogP contribution >= 0.6 is 0 Å². The highest BCUT2D eigenvalue weighted by molar-refractivity contribution is 6.00. The largest absolute Gasteiger partial charge is 0.394 e. The molecule has 1 saturated heterocycles. The fourth-order valence-electron chi connectivity index (χ4n) is 3.51. The molecule has 5 heteroatoms. The lowest BCUT2D eigenvalue weighted by atomic mass is 9.90. The molecule has 0 radical (unpaired) electrons. The van der Waals surface area contributed by atoms with Crippen molar-refractivity contribution < 1.29 is 5.11 Å². The molecular formula is C14H24N4O. The fraction of sp³-hybridized carbons (Fsp3) is 0.786. The number of piperidine rings is 1. The van der Waals surface area contributed by atoms with E-state index in [-0.39, 0.29) is 12.6 Å². The van der Waals surface area contributed by atoms with Crippen molar-refractivity contribution in [1.29, 1.82) is 0 Å². The fourth-order valence-corrected chi connectivity index (χ4v) is 3.51. The Kier molecular flexibility index (Phi) is 3.39. The Balaban J connectivity index is 1.89. The number of nitrogens with zero attached hydrogens (tertiary/aromatic N) is 3. The number of likely N-dealkylation sites (tertiary alicyclic amines) is 1. The molecule has 2 N–H and O–H groups in total. The van der Waals surface area contributed by atoms with Crippen LogP contribution in [0.4, 0.5) is 0 Å². The van der Waals surface area contributed by atoms with Gasteiger partial charge < -0.3 is 20.2 Å². The molecule has 3 rings (SSSR count). The summed E-state index contributed by atoms with van der Waals surface area (Å²) in [5.41, 5.74) is 1.33. The number of aliphatic hydroxyl groups excluding tert-OH is 1. The van der Waals surface area contributed by atoms with E-state index in [0.29, 0.717) is 12.6 Å². The molecule has 3 heterocycles. The molecule has 0 unspecified atom stereocenters. The maximum atomic E-state index is 9.72. The van der Waals surface area contributed by atoms with Crippen LogP contribution < -0.4 is 5.32 Å². The summed E-state index contributed by atoms with van der Waals surface area (Å²) in [6.07, 6.45) is 3.45. The highest BCUT2D eigenvalue weighted by atomic mass is 16.3. The van der Waals surface area contributed by atoms with Gasteiger partial charge >= 0.3 is 0 Å². The van der Waals surface area contributed by atoms with E-state index in [1.807, 2.05) is 0 Å². The lowest BCUT2D eigenvalue weighted by Crippen LogP contribution is -2.51. The Hall–Kier alpha value is -1.23. The summed E-state index contributed by atoms with van der Waals surface area (Å²) in [5, 5.41) is 13.2. The summed E-state index contributed by atoms with van der Waals surface area (Å²) >= 11 is 0. The van der Waals surface area contributed by atoms with Gasteiger partial charge in [-0.3, -0.25) is 0 Å². The van der Waals surface area contributed by atoms with E-state index in [2.05, 4.69) is 29.1 Å². The molecule has 5 nitrogen and oxygen atoms in total. The molecular weight excluding hydrogens is 240 g/mol. The molecule has 2 atom stereocenters. The van der Waals surface area contributed by atoms with Gasteiger partial charge in [0.15, 0.2) is 0 Å². The first-order valence-corrected chi connectivity index (χ1v) is 7.33. The second-order valence-electron chi connectivity index (χ2n) is 5.89. The summed E-state index contributed by atoms with van der Waals surface area (Å²) in [7, 11) is 2.08. The maximum absolute atomic E-state index is 9.72. The molecule has 0 saturated carbocycles. The first kappa shape index (κ1) is 12.8. The predicted molar refractivity (Wildman–Crippen MR) is 75.7 cm³/mol. The topological polar surface area (TPSA) is 51.1 Å². The summed E-state index contributed by atoms with van der Waals surface area (Å²) < 4.78 is 0. The van der Waals surface area contributed by atoms with Crippen molar-refractivity contribution in [2.24, 2.45) is 10.9 Å². The molecule has 3 aliphatic rings. The van der Waals surface area contributed by atoms with Gasteiger partial charge in [0.2, 0.25) is 0 Å². The van der Waals surface area contributed by atoms with Crippen molar-refractivity contribution in [3.63, 3.8) is 0 Å². The quantitative estimate of drug-likeness (QED) is 0.728. The lowest BCUT2D eigenvalue weighted by Gasteiger charge is -2.42. The zero-order chi connectivity index (χ0) is 13.4. The van der Waals surface area contributed by atoms with E-state index >= 15 is 0 Å². The Morgan fingerprint density at radius 1 is 1.47 bits per heavy atom. The number of hydrogen-bond acceptors (Lipinski definition) is 5. The van der Waals surface area contributed by atoms with Gasteiger partial charge in [0.05, 0.1) is 12.6 Å². The van der Waals surface area contributed by atoms with Crippen LogP contribution in [0.15, 0.2) is 16.4 Å². The number of nitrogens with one attached hydrogen (secondary N) is 1. The third-order valence-corrected chi connectivity index (χ3v) is 4.61. The van der Waals surface area contributed by atoms with Gasteiger partial charge in [-0.2, -0.15) is 0 Å². The van der Waals surface area contributed by atoms with E-state index in [1.165, 1.54) is 24.2 Å². The van der Waals surface area contributed by atoms with Crippen LogP contribution in [-0.2, 0) is 0 Å². The van der Waals surface area contributed by atoms with Crippen molar-refractivity contribution >= 4 is 5.84 Å². The molecule has 0 amide bonds. The molecule has 0 bridgehead atoms. The van der Waals surface area contributed by atoms with Gasteiger partial charge in [0.1, 0.15) is 18.3 Å². The molecule has 3 aliphatic heterocycles. The van der Waals surface area contributed by atoms with Gasteiger partial charge in [0, 0.05) is 25.7 Å². The lowest BCUT2D eigenvalue weighted by molar-refractivity contribution is 0.104. The predicted octanol–water partition coefficient (Wildman–Crippen LogP) is 0.585. The molecule has 0 spiro atoms. The van der Waals surface area contributed by atoms with Crippen LogP contribution in [-0.4, -0.2) is 60.2 Å². The van der Waals surface area contributed by atoms with Crippen molar-refractivity contribution in [3.05, 3.63) is 11.4 Å². The van der Waals surface area contributed by atoms with Gasteiger partial charge in [-0.1, -0.05) is 6.92 Å². The molecule has 0 aliphatic carbocycles. The first-order valence-electron chi connectivity index (χ1n) is 7.33. The Bertz CT molecular complexity index is 418. The van der Waals surface area contributed by atoms with E-state index < -0.39 is 0 Å². The van der Waals surface area contributed by atoms with Gasteiger partial charge in [-0.05, 0) is 25.2 Å². The van der Waals surface area contributed by atoms with Crippen LogP contribution in [0.25, 0.3) is 0 Å². The molecule has 19 heavy (non-hydrogen) atoms. The Morgan fingerprint density at radius 2 is 2.32 bits per heavy atom. The Labute approximate surface area is 115 Å². The van der Waals surface area contributed by atoms with Crippen LogP contribution in [0, 0.1) is 5.92 Å². The van der Waals surface area contributed by atoms with Crippen LogP contribution in [0.3, 0.4) is 0 Å². The minimum atomic E-state index is 0.227. The van der Waals surface area contributed by atoms with Crippen molar-refractivity contribution in [3.8, 4) is 0 Å². The number of hydrogen-bond donors (Lipinski definition) is 2. The summed E-state index contributed by atoms with van der Waals surface area (Å²) in [6.45, 7) is 5.21. The summed E-state index contributed by atoms with van der Waals surface area (Å²) in [6, 6.07) is 0.227. The average Bonchev–Trinajstić information content (AvgIpc) is 2.89. The molecule has 0 aromatic rings. The highest BCUT2D eigenvalue weighted by Crippen LogP contribution is 2.29. The van der Waals surface area contributed by atoms with E-state index in [4.69, 9.17) is 4.99 Å². The van der Waals surface area contributed by atoms with E-state index in [0.717, 1.165) is 25.3 Å². The molecule has 106 valence electrons. The molecule has 0 aromatic heterocycles. The van der Waals surface area contributed by atoms with Gasteiger partial charge in [-0.15, -0.1) is 0 Å². The Morgan fingerprint density at radius 3 is 3.11 bits per heavy atom. The van der Waals surface area contributed by atoms with E-state index in [1.54, 1.807) is 0 Å². The monoisotopic (exact) mass is 264 g/mol. The number of amidine groups is 1. The van der Waals surface area contributed by atoms with Crippen molar-refractivity contribution in [1.82, 2.24) is 15.1 Å². The van der Waals surface area contributed by atoms with Crippen LogP contribution in [0.2, 0.25) is 0 Å². The SMILES string of the molecule is C[C@@H]1CCCN(C2=NCN(C)C3=C2CCN3)[C@@H]1CO. The van der Waals surface area contributed by atoms with Gasteiger partial charge in [0.25, 0.3) is 0 Å². The van der Waals surface area contributed by atoms with Crippen molar-refractivity contribution in [2.45, 2.75) is 32.2 Å². The summed E-state index contributed by atoms with van der Waals surface area (Å²) in [5.74, 6) is 2.91. The molecule has 1 fully saturated rings. The smallest absolute Gasteiger partial charge is 0.132 e. The third kappa shape index (κ3) is 2.10. The van der Waals surface area contributed by atoms with E-state index in [9.17, 15) is 5.11 Å². The van der Waals surface area contributed by atoms with Gasteiger partial charge in [-0.25, -0.2) is 4.99 Å². The second kappa shape index (κ2) is 5.04. The zero-order valence-corrected chi connectivity index (χ0v) is 11.9. The maximum Gasteiger partial charge on any atom is 0.132 e. The number of aliphatic hydroxyl groups is 1. The van der Waals surface area contributed by atoms with Crippen LogP contribution in [0.1, 0.15) is 26.2 Å². The average molecular weight is 264 g/mol. The molecule has 0 aromatic carbocycles. The first-order chi connectivity index (χ1) is 9.22. The zero-order valence-electron chi connectivity index (χ0n) is 11.9. The highest BCUT2D eigenvalue weighted by Gasteiger charge is 2.35. The minimum Gasteiger partial charge on any atom is -0.394 e. The van der Waals surface area contributed by atoms with Crippen molar-refractivity contribution in [2.75, 3.05) is 33.4 Å². The number of rotatable bonds is 1. The second-order valence-corrected chi connectivity index (χ2v) is 5.89.